The van der Waals surface area contributed by atoms with Gasteiger partial charge in [-0.05, 0) is 36.6 Å². The maximum atomic E-state index is 13.3. The van der Waals surface area contributed by atoms with Crippen molar-refractivity contribution in [1.29, 1.82) is 0 Å². The maximum absolute atomic E-state index is 13.3. The van der Waals surface area contributed by atoms with Crippen LogP contribution >= 0.6 is 22.9 Å². The van der Waals surface area contributed by atoms with Crippen LogP contribution in [-0.2, 0) is 20.8 Å². The maximum Gasteiger partial charge on any atom is 0.231 e. The van der Waals surface area contributed by atoms with Gasteiger partial charge in [0.05, 0.1) is 38.0 Å². The second kappa shape index (κ2) is 11.0. The predicted molar refractivity (Wildman–Crippen MR) is 125 cm³/mol. The lowest BCUT2D eigenvalue weighted by molar-refractivity contribution is -0.120. The van der Waals surface area contributed by atoms with E-state index < -0.39 is 0 Å². The number of carbonyl (C=O) groups excluding carboxylic acids is 1. The van der Waals surface area contributed by atoms with Crippen molar-refractivity contribution >= 4 is 34.0 Å². The number of hydrogen-bond acceptors (Lipinski definition) is 5. The Balaban J connectivity index is 1.47. The predicted octanol–water partition coefficient (Wildman–Crippen LogP) is 5.72. The van der Waals surface area contributed by atoms with E-state index in [4.69, 9.17) is 21.1 Å². The van der Waals surface area contributed by atoms with Crippen molar-refractivity contribution in [3.8, 4) is 11.3 Å². The van der Waals surface area contributed by atoms with E-state index in [-0.39, 0.29) is 24.2 Å². The van der Waals surface area contributed by atoms with E-state index in [1.54, 1.807) is 17.0 Å². The van der Waals surface area contributed by atoms with Crippen LogP contribution in [0, 0.1) is 5.82 Å². The molecule has 0 spiro atoms. The number of aromatic nitrogens is 1. The van der Waals surface area contributed by atoms with E-state index in [0.29, 0.717) is 35.6 Å². The third kappa shape index (κ3) is 5.92. The number of nitrogens with zero attached hydrogens (tertiary/aromatic N) is 2. The molecule has 0 N–H and O–H groups in total. The molecule has 1 atom stereocenters. The van der Waals surface area contributed by atoms with Crippen LogP contribution in [0.4, 0.5) is 9.52 Å². The number of hydrogen-bond donors (Lipinski definition) is 0. The summed E-state index contributed by atoms with van der Waals surface area (Å²) < 4.78 is 24.6. The molecule has 2 aromatic carbocycles. The minimum atomic E-state index is -0.315. The first-order chi connectivity index (χ1) is 15.6. The monoisotopic (exact) mass is 474 g/mol. The van der Waals surface area contributed by atoms with E-state index in [2.05, 4.69) is 4.98 Å². The molecule has 1 unspecified atom stereocenters. The summed E-state index contributed by atoms with van der Waals surface area (Å²) in [6.45, 7) is 1.87. The molecule has 1 saturated heterocycles. The zero-order valence-corrected chi connectivity index (χ0v) is 19.1. The highest BCUT2D eigenvalue weighted by atomic mass is 35.5. The molecule has 2 heterocycles. The summed E-state index contributed by atoms with van der Waals surface area (Å²) in [7, 11) is 0. The molecule has 1 aromatic heterocycles. The van der Waals surface area contributed by atoms with Gasteiger partial charge in [-0.25, -0.2) is 9.37 Å². The Hall–Kier alpha value is -2.32. The molecule has 0 aliphatic carbocycles. The Morgan fingerprint density at radius 3 is 2.81 bits per heavy atom. The summed E-state index contributed by atoms with van der Waals surface area (Å²) >= 11 is 7.69. The van der Waals surface area contributed by atoms with Gasteiger partial charge in [-0.2, -0.15) is 0 Å². The first-order valence-corrected chi connectivity index (χ1v) is 11.8. The fourth-order valence-corrected chi connectivity index (χ4v) is 4.57. The molecule has 0 saturated carbocycles. The van der Waals surface area contributed by atoms with Crippen LogP contribution in [0.5, 0.6) is 0 Å². The fourth-order valence-electron chi connectivity index (χ4n) is 3.50. The van der Waals surface area contributed by atoms with Crippen LogP contribution < -0.4 is 4.90 Å². The summed E-state index contributed by atoms with van der Waals surface area (Å²) in [4.78, 5) is 19.4. The average Bonchev–Trinajstić information content (AvgIpc) is 3.49. The zero-order valence-electron chi connectivity index (χ0n) is 17.5. The lowest BCUT2D eigenvalue weighted by atomic mass is 10.2. The van der Waals surface area contributed by atoms with Crippen molar-refractivity contribution in [3.63, 3.8) is 0 Å². The van der Waals surface area contributed by atoms with Gasteiger partial charge in [0.25, 0.3) is 0 Å². The number of rotatable bonds is 9. The van der Waals surface area contributed by atoms with Crippen molar-refractivity contribution in [2.24, 2.45) is 0 Å². The Morgan fingerprint density at radius 2 is 2.06 bits per heavy atom. The van der Waals surface area contributed by atoms with Crippen LogP contribution in [0.3, 0.4) is 0 Å². The van der Waals surface area contributed by atoms with Crippen LogP contribution in [0.1, 0.15) is 24.8 Å². The Morgan fingerprint density at radius 1 is 1.25 bits per heavy atom. The quantitative estimate of drug-likeness (QED) is 0.372. The third-order valence-corrected chi connectivity index (χ3v) is 6.41. The number of anilines is 1. The van der Waals surface area contributed by atoms with E-state index in [9.17, 15) is 9.18 Å². The average molecular weight is 475 g/mol. The molecule has 1 aliphatic heterocycles. The number of thiazole rings is 1. The standard InChI is InChI=1S/C24H24ClFN2O3S/c25-21-6-2-1-5-20(21)22-16-32-24(27-22)28(14-17-7-9-18(26)10-8-17)23(29)11-13-30-15-19-4-3-12-31-19/h1-2,5-10,16,19H,3-4,11-15H2. The summed E-state index contributed by atoms with van der Waals surface area (Å²) in [5.74, 6) is -0.425. The van der Waals surface area contributed by atoms with Crippen molar-refractivity contribution in [1.82, 2.24) is 4.98 Å². The summed E-state index contributed by atoms with van der Waals surface area (Å²) in [5.41, 5.74) is 2.34. The Bertz CT molecular complexity index is 1040. The smallest absolute Gasteiger partial charge is 0.231 e. The van der Waals surface area contributed by atoms with Gasteiger partial charge in [-0.1, -0.05) is 41.9 Å². The highest BCUT2D eigenvalue weighted by Gasteiger charge is 2.21. The number of ether oxygens (including phenoxy) is 2. The van der Waals surface area contributed by atoms with Crippen LogP contribution in [0.2, 0.25) is 5.02 Å². The molecule has 168 valence electrons. The molecule has 5 nitrogen and oxygen atoms in total. The first-order valence-electron chi connectivity index (χ1n) is 10.5. The van der Waals surface area contributed by atoms with Gasteiger partial charge in [0, 0.05) is 22.6 Å². The minimum Gasteiger partial charge on any atom is -0.378 e. The van der Waals surface area contributed by atoms with Gasteiger partial charge >= 0.3 is 0 Å². The van der Waals surface area contributed by atoms with Crippen LogP contribution in [0.15, 0.2) is 53.9 Å². The summed E-state index contributed by atoms with van der Waals surface area (Å²) in [5, 5.41) is 3.05. The van der Waals surface area contributed by atoms with Crippen LogP contribution in [0.25, 0.3) is 11.3 Å². The third-order valence-electron chi connectivity index (χ3n) is 5.22. The Kier molecular flexibility index (Phi) is 7.86. The lowest BCUT2D eigenvalue weighted by Crippen LogP contribution is -2.31. The molecule has 8 heteroatoms. The molecule has 32 heavy (non-hydrogen) atoms. The molecular weight excluding hydrogens is 451 g/mol. The SMILES string of the molecule is O=C(CCOCC1CCCO1)N(Cc1ccc(F)cc1)c1nc(-c2ccccc2Cl)cs1. The summed E-state index contributed by atoms with van der Waals surface area (Å²) in [6, 6.07) is 13.6. The summed E-state index contributed by atoms with van der Waals surface area (Å²) in [6.07, 6.45) is 2.39. The van der Waals surface area contributed by atoms with Crippen LogP contribution in [-0.4, -0.2) is 36.8 Å². The fraction of sp³-hybridized carbons (Fsp3) is 0.333. The highest BCUT2D eigenvalue weighted by molar-refractivity contribution is 7.14. The minimum absolute atomic E-state index is 0.110. The van der Waals surface area contributed by atoms with E-state index in [1.807, 2.05) is 29.6 Å². The number of halogens is 2. The lowest BCUT2D eigenvalue weighted by Gasteiger charge is -2.20. The molecule has 1 aliphatic rings. The van der Waals surface area contributed by atoms with Crippen molar-refractivity contribution < 1.29 is 18.7 Å². The van der Waals surface area contributed by atoms with E-state index in [0.717, 1.165) is 30.6 Å². The van der Waals surface area contributed by atoms with Crippen molar-refractivity contribution in [3.05, 3.63) is 70.3 Å². The molecule has 0 bridgehead atoms. The molecule has 0 radical (unpaired) electrons. The van der Waals surface area contributed by atoms with Gasteiger partial charge < -0.3 is 9.47 Å². The number of amides is 1. The molecule has 4 rings (SSSR count). The molecule has 1 fully saturated rings. The van der Waals surface area contributed by atoms with E-state index in [1.165, 1.54) is 23.5 Å². The number of carbonyl (C=O) groups is 1. The van der Waals surface area contributed by atoms with Gasteiger partial charge in [0.2, 0.25) is 5.91 Å². The molecule has 1 amide bonds. The molecular formula is C24H24ClFN2O3S. The first kappa shape index (κ1) is 22.9. The second-order valence-electron chi connectivity index (χ2n) is 7.56. The van der Waals surface area contributed by atoms with Gasteiger partial charge in [-0.3, -0.25) is 9.69 Å². The second-order valence-corrected chi connectivity index (χ2v) is 8.81. The zero-order chi connectivity index (χ0) is 22.3. The normalized spacial score (nSPS) is 15.8. The van der Waals surface area contributed by atoms with Gasteiger partial charge in [0.1, 0.15) is 5.82 Å². The van der Waals surface area contributed by atoms with Crippen molar-refractivity contribution in [2.75, 3.05) is 24.7 Å². The molecule has 3 aromatic rings. The topological polar surface area (TPSA) is 51.7 Å². The Labute approximate surface area is 195 Å². The number of benzene rings is 2. The van der Waals surface area contributed by atoms with Crippen molar-refractivity contribution in [2.45, 2.75) is 31.9 Å². The highest BCUT2D eigenvalue weighted by Crippen LogP contribution is 2.32. The van der Waals surface area contributed by atoms with Gasteiger partial charge in [-0.15, -0.1) is 11.3 Å². The van der Waals surface area contributed by atoms with Gasteiger partial charge in [0.15, 0.2) is 5.13 Å². The van der Waals surface area contributed by atoms with E-state index >= 15 is 0 Å². The largest absolute Gasteiger partial charge is 0.378 e.